The Morgan fingerprint density at radius 1 is 1.04 bits per heavy atom. The summed E-state index contributed by atoms with van der Waals surface area (Å²) in [5, 5.41) is 0. The van der Waals surface area contributed by atoms with Gasteiger partial charge in [-0.05, 0) is 49.2 Å². The summed E-state index contributed by atoms with van der Waals surface area (Å²) in [6, 6.07) is 11.0. The Morgan fingerprint density at radius 2 is 1.67 bits per heavy atom. The SMILES string of the molecule is COC(=O)c1ccccc1S(=O)(=O)NNC(=O)COc1cc(C)cc(C)c1. The van der Waals surface area contributed by atoms with E-state index >= 15 is 0 Å². The van der Waals surface area contributed by atoms with E-state index in [4.69, 9.17) is 4.74 Å². The highest BCUT2D eigenvalue weighted by atomic mass is 32.2. The monoisotopic (exact) mass is 392 g/mol. The molecule has 0 atom stereocenters. The smallest absolute Gasteiger partial charge is 0.339 e. The van der Waals surface area contributed by atoms with Gasteiger partial charge in [-0.1, -0.05) is 18.2 Å². The lowest BCUT2D eigenvalue weighted by atomic mass is 10.1. The molecule has 0 spiro atoms. The lowest BCUT2D eigenvalue weighted by Crippen LogP contribution is -2.44. The third-order valence-corrected chi connectivity index (χ3v) is 4.78. The highest BCUT2D eigenvalue weighted by Gasteiger charge is 2.23. The summed E-state index contributed by atoms with van der Waals surface area (Å²) >= 11 is 0. The van der Waals surface area contributed by atoms with E-state index in [2.05, 4.69) is 10.2 Å². The molecule has 2 aromatic carbocycles. The summed E-state index contributed by atoms with van der Waals surface area (Å²) in [5.41, 5.74) is 3.86. The molecule has 0 aliphatic heterocycles. The van der Waals surface area contributed by atoms with Gasteiger partial charge in [0.05, 0.1) is 17.6 Å². The van der Waals surface area contributed by atoms with Crippen LogP contribution < -0.4 is 15.0 Å². The molecule has 2 aromatic rings. The molecule has 0 saturated carbocycles. The topological polar surface area (TPSA) is 111 Å². The van der Waals surface area contributed by atoms with Gasteiger partial charge >= 0.3 is 5.97 Å². The fraction of sp³-hybridized carbons (Fsp3) is 0.222. The van der Waals surface area contributed by atoms with E-state index in [1.807, 2.05) is 24.7 Å². The van der Waals surface area contributed by atoms with Crippen LogP contribution in [0.4, 0.5) is 0 Å². The number of benzene rings is 2. The van der Waals surface area contributed by atoms with Crippen LogP contribution in [0.25, 0.3) is 0 Å². The summed E-state index contributed by atoms with van der Waals surface area (Å²) in [5.74, 6) is -1.00. The zero-order valence-corrected chi connectivity index (χ0v) is 15.9. The van der Waals surface area contributed by atoms with Gasteiger partial charge in [0.15, 0.2) is 6.61 Å². The van der Waals surface area contributed by atoms with Gasteiger partial charge in [-0.3, -0.25) is 10.2 Å². The van der Waals surface area contributed by atoms with Crippen molar-refractivity contribution in [1.29, 1.82) is 0 Å². The van der Waals surface area contributed by atoms with E-state index < -0.39 is 21.9 Å². The normalized spacial score (nSPS) is 10.9. The standard InChI is InChI=1S/C18H20N2O6S/c1-12-8-13(2)10-14(9-12)26-11-17(21)19-20-27(23,24)16-7-5-4-6-15(16)18(22)25-3/h4-10,20H,11H2,1-3H3,(H,19,21). The molecule has 0 saturated heterocycles. The van der Waals surface area contributed by atoms with Gasteiger partial charge in [0, 0.05) is 0 Å². The van der Waals surface area contributed by atoms with Gasteiger partial charge in [-0.2, -0.15) is 0 Å². The number of carbonyl (C=O) groups excluding carboxylic acids is 2. The average Bonchev–Trinajstić information content (AvgIpc) is 2.63. The molecule has 27 heavy (non-hydrogen) atoms. The van der Waals surface area contributed by atoms with Gasteiger partial charge in [0.25, 0.3) is 15.9 Å². The van der Waals surface area contributed by atoms with Gasteiger partial charge in [0.2, 0.25) is 0 Å². The second-order valence-electron chi connectivity index (χ2n) is 5.75. The van der Waals surface area contributed by atoms with E-state index in [0.717, 1.165) is 18.2 Å². The Kier molecular flexibility index (Phi) is 6.54. The molecule has 2 N–H and O–H groups in total. The summed E-state index contributed by atoms with van der Waals surface area (Å²) < 4.78 is 34.7. The Hall–Kier alpha value is -2.91. The highest BCUT2D eigenvalue weighted by molar-refractivity contribution is 7.89. The average molecular weight is 392 g/mol. The molecular weight excluding hydrogens is 372 g/mol. The van der Waals surface area contributed by atoms with Gasteiger partial charge in [0.1, 0.15) is 5.75 Å². The molecule has 0 heterocycles. The maximum Gasteiger partial charge on any atom is 0.339 e. The molecule has 0 radical (unpaired) electrons. The van der Waals surface area contributed by atoms with E-state index in [-0.39, 0.29) is 17.1 Å². The number of nitrogens with one attached hydrogen (secondary N) is 2. The quantitative estimate of drug-likeness (QED) is 0.545. The zero-order chi connectivity index (χ0) is 20.0. The Bertz CT molecular complexity index is 936. The second kappa shape index (κ2) is 8.65. The molecule has 0 unspecified atom stereocenters. The van der Waals surface area contributed by atoms with Crippen molar-refractivity contribution in [2.75, 3.05) is 13.7 Å². The van der Waals surface area contributed by atoms with Crippen LogP contribution in [0.2, 0.25) is 0 Å². The van der Waals surface area contributed by atoms with E-state index in [1.165, 1.54) is 24.3 Å². The molecule has 8 nitrogen and oxygen atoms in total. The largest absolute Gasteiger partial charge is 0.484 e. The van der Waals surface area contributed by atoms with Crippen LogP contribution in [0.1, 0.15) is 21.5 Å². The number of methoxy groups -OCH3 is 1. The molecular formula is C18H20N2O6S. The van der Waals surface area contributed by atoms with E-state index in [1.54, 1.807) is 12.1 Å². The Labute approximate surface area is 157 Å². The first kappa shape index (κ1) is 20.4. The van der Waals surface area contributed by atoms with Crippen molar-refractivity contribution in [3.63, 3.8) is 0 Å². The zero-order valence-electron chi connectivity index (χ0n) is 15.1. The fourth-order valence-corrected chi connectivity index (χ4v) is 3.42. The number of hydrazine groups is 1. The summed E-state index contributed by atoms with van der Waals surface area (Å²) in [6.07, 6.45) is 0. The first-order valence-corrected chi connectivity index (χ1v) is 9.40. The number of hydrogen-bond donors (Lipinski definition) is 2. The highest BCUT2D eigenvalue weighted by Crippen LogP contribution is 2.17. The lowest BCUT2D eigenvalue weighted by molar-refractivity contribution is -0.123. The number of carbonyl (C=O) groups is 2. The molecule has 9 heteroatoms. The lowest BCUT2D eigenvalue weighted by Gasteiger charge is -2.12. The van der Waals surface area contributed by atoms with Crippen molar-refractivity contribution in [2.24, 2.45) is 0 Å². The predicted molar refractivity (Wildman–Crippen MR) is 97.7 cm³/mol. The van der Waals surface area contributed by atoms with Crippen LogP contribution in [0, 0.1) is 13.8 Å². The first-order chi connectivity index (χ1) is 12.7. The molecule has 0 aliphatic rings. The molecule has 0 fully saturated rings. The number of hydrogen-bond acceptors (Lipinski definition) is 6. The number of rotatable bonds is 7. The minimum Gasteiger partial charge on any atom is -0.484 e. The summed E-state index contributed by atoms with van der Waals surface area (Å²) in [4.78, 5) is 25.2. The van der Waals surface area contributed by atoms with E-state index in [9.17, 15) is 18.0 Å². The third-order valence-electron chi connectivity index (χ3n) is 3.47. The van der Waals surface area contributed by atoms with Crippen molar-refractivity contribution in [1.82, 2.24) is 10.3 Å². The third kappa shape index (κ3) is 5.53. The number of amides is 1. The van der Waals surface area contributed by atoms with Crippen LogP contribution in [0.5, 0.6) is 5.75 Å². The second-order valence-corrected chi connectivity index (χ2v) is 7.40. The van der Waals surface area contributed by atoms with Crippen LogP contribution >= 0.6 is 0 Å². The maximum atomic E-state index is 12.4. The Balaban J connectivity index is 2.01. The number of sulfonamides is 1. The van der Waals surface area contributed by atoms with Gasteiger partial charge in [-0.25, -0.2) is 13.2 Å². The first-order valence-electron chi connectivity index (χ1n) is 7.92. The van der Waals surface area contributed by atoms with Crippen molar-refractivity contribution in [3.05, 3.63) is 59.2 Å². The molecule has 0 bridgehead atoms. The van der Waals surface area contributed by atoms with Crippen molar-refractivity contribution in [2.45, 2.75) is 18.7 Å². The van der Waals surface area contributed by atoms with Crippen LogP contribution in [0.15, 0.2) is 47.4 Å². The van der Waals surface area contributed by atoms with Gasteiger partial charge < -0.3 is 9.47 Å². The number of esters is 1. The maximum absolute atomic E-state index is 12.4. The molecule has 2 rings (SSSR count). The minimum absolute atomic E-state index is 0.145. The molecule has 0 aromatic heterocycles. The van der Waals surface area contributed by atoms with E-state index in [0.29, 0.717) is 5.75 Å². The fourth-order valence-electron chi connectivity index (χ4n) is 2.36. The number of ether oxygens (including phenoxy) is 2. The van der Waals surface area contributed by atoms with Crippen molar-refractivity contribution in [3.8, 4) is 5.75 Å². The minimum atomic E-state index is -4.18. The number of aryl methyl sites for hydroxylation is 2. The predicted octanol–water partition coefficient (Wildman–Crippen LogP) is 1.48. The van der Waals surface area contributed by atoms with Gasteiger partial charge in [-0.15, -0.1) is 4.83 Å². The summed E-state index contributed by atoms with van der Waals surface area (Å²) in [7, 11) is -3.03. The van der Waals surface area contributed by atoms with Crippen molar-refractivity contribution < 1.29 is 27.5 Å². The van der Waals surface area contributed by atoms with Crippen LogP contribution in [-0.2, 0) is 19.6 Å². The van der Waals surface area contributed by atoms with Crippen LogP contribution in [-0.4, -0.2) is 34.0 Å². The van der Waals surface area contributed by atoms with Crippen molar-refractivity contribution >= 4 is 21.9 Å². The summed E-state index contributed by atoms with van der Waals surface area (Å²) in [6.45, 7) is 3.41. The Morgan fingerprint density at radius 3 is 2.30 bits per heavy atom. The molecule has 0 aliphatic carbocycles. The molecule has 1 amide bonds. The van der Waals surface area contributed by atoms with Crippen LogP contribution in [0.3, 0.4) is 0 Å². The molecule has 144 valence electrons.